The lowest BCUT2D eigenvalue weighted by Crippen LogP contribution is -2.35. The summed E-state index contributed by atoms with van der Waals surface area (Å²) in [7, 11) is 0. The van der Waals surface area contributed by atoms with E-state index in [1.807, 2.05) is 6.07 Å². The first-order valence-corrected chi connectivity index (χ1v) is 8.87. The van der Waals surface area contributed by atoms with Crippen LogP contribution in [0.4, 0.5) is 18.9 Å². The van der Waals surface area contributed by atoms with Gasteiger partial charge >= 0.3 is 11.5 Å². The summed E-state index contributed by atoms with van der Waals surface area (Å²) >= 11 is -0.291. The lowest BCUT2D eigenvalue weighted by molar-refractivity contribution is -0.121. The highest BCUT2D eigenvalue weighted by Gasteiger charge is 2.29. The maximum Gasteiger partial charge on any atom is 0.446 e. The Hall–Kier alpha value is -2.99. The number of nitrogens with zero attached hydrogens (tertiary/aromatic N) is 2. The van der Waals surface area contributed by atoms with E-state index in [2.05, 4.69) is 0 Å². The van der Waals surface area contributed by atoms with Crippen LogP contribution in [0, 0.1) is 11.3 Å². The minimum absolute atomic E-state index is 0.0302. The highest BCUT2D eigenvalue weighted by molar-refractivity contribution is 8.00. The van der Waals surface area contributed by atoms with Gasteiger partial charge in [0.25, 0.3) is 5.91 Å². The third-order valence-electron chi connectivity index (χ3n) is 3.47. The van der Waals surface area contributed by atoms with Crippen LogP contribution in [0.2, 0.25) is 0 Å². The molecule has 0 saturated heterocycles. The fourth-order valence-corrected chi connectivity index (χ4v) is 2.79. The van der Waals surface area contributed by atoms with Crippen molar-refractivity contribution in [1.29, 1.82) is 5.26 Å². The second-order valence-electron chi connectivity index (χ2n) is 5.44. The molecule has 0 radical (unpaired) electrons. The van der Waals surface area contributed by atoms with Crippen molar-refractivity contribution in [3.8, 4) is 6.07 Å². The number of alkyl halides is 3. The van der Waals surface area contributed by atoms with Gasteiger partial charge in [0.2, 0.25) is 0 Å². The van der Waals surface area contributed by atoms with Crippen LogP contribution in [0.5, 0.6) is 0 Å². The third kappa shape index (κ3) is 6.63. The van der Waals surface area contributed by atoms with E-state index < -0.39 is 24.0 Å². The Morgan fingerprint density at radius 1 is 1.07 bits per heavy atom. The van der Waals surface area contributed by atoms with Gasteiger partial charge < -0.3 is 9.64 Å². The van der Waals surface area contributed by atoms with E-state index >= 15 is 0 Å². The number of carbonyl (C=O) groups excluding carboxylic acids is 2. The van der Waals surface area contributed by atoms with E-state index in [1.54, 1.807) is 30.3 Å². The van der Waals surface area contributed by atoms with Crippen molar-refractivity contribution in [2.75, 3.05) is 18.1 Å². The highest BCUT2D eigenvalue weighted by Crippen LogP contribution is 2.36. The Morgan fingerprint density at radius 3 is 2.29 bits per heavy atom. The van der Waals surface area contributed by atoms with Gasteiger partial charge in [-0.1, -0.05) is 18.2 Å². The number of anilines is 1. The topological polar surface area (TPSA) is 70.4 Å². The molecular formula is C19H15F3N2O3S. The van der Waals surface area contributed by atoms with Crippen LogP contribution in [0.3, 0.4) is 0 Å². The third-order valence-corrected chi connectivity index (χ3v) is 4.21. The number of halogens is 3. The number of hydrogen-bond acceptors (Lipinski definition) is 5. The Balaban J connectivity index is 1.98. The van der Waals surface area contributed by atoms with Gasteiger partial charge in [-0.3, -0.25) is 4.79 Å². The van der Waals surface area contributed by atoms with Crippen LogP contribution in [-0.4, -0.2) is 30.5 Å². The molecule has 0 aromatic heterocycles. The minimum Gasteiger partial charge on any atom is -0.452 e. The largest absolute Gasteiger partial charge is 0.452 e. The molecule has 146 valence electrons. The predicted octanol–water partition coefficient (Wildman–Crippen LogP) is 4.40. The van der Waals surface area contributed by atoms with Crippen molar-refractivity contribution in [2.24, 2.45) is 0 Å². The molecule has 0 aliphatic rings. The van der Waals surface area contributed by atoms with Crippen molar-refractivity contribution in [1.82, 2.24) is 0 Å². The number of rotatable bonds is 7. The molecule has 2 aromatic carbocycles. The van der Waals surface area contributed by atoms with E-state index in [-0.39, 0.29) is 35.2 Å². The number of ether oxygens (including phenoxy) is 1. The summed E-state index contributed by atoms with van der Waals surface area (Å²) in [5, 5.41) is 8.76. The molecule has 0 bridgehead atoms. The molecule has 0 fully saturated rings. The zero-order chi connectivity index (χ0) is 20.6. The zero-order valence-electron chi connectivity index (χ0n) is 14.5. The predicted molar refractivity (Wildman–Crippen MR) is 97.7 cm³/mol. The van der Waals surface area contributed by atoms with E-state index in [9.17, 15) is 22.8 Å². The number of amides is 1. The fourth-order valence-electron chi connectivity index (χ4n) is 2.25. The summed E-state index contributed by atoms with van der Waals surface area (Å²) in [6.07, 6.45) is 0.104. The van der Waals surface area contributed by atoms with Gasteiger partial charge in [0, 0.05) is 17.1 Å². The number of esters is 1. The number of hydrogen-bond donors (Lipinski definition) is 0. The van der Waals surface area contributed by atoms with Gasteiger partial charge in [-0.15, -0.1) is 0 Å². The molecule has 0 heterocycles. The second-order valence-corrected chi connectivity index (χ2v) is 6.58. The van der Waals surface area contributed by atoms with Crippen LogP contribution in [0.15, 0.2) is 59.5 Å². The first kappa shape index (κ1) is 21.3. The molecule has 2 aromatic rings. The van der Waals surface area contributed by atoms with Crippen molar-refractivity contribution in [3.63, 3.8) is 0 Å². The first-order valence-electron chi connectivity index (χ1n) is 8.05. The van der Waals surface area contributed by atoms with Crippen molar-refractivity contribution >= 4 is 29.3 Å². The SMILES string of the molecule is N#CCCN(C(=O)COC(=O)c1ccc(SC(F)(F)F)cc1)c1ccccc1. The minimum atomic E-state index is -4.42. The molecule has 9 heteroatoms. The van der Waals surface area contributed by atoms with E-state index in [0.29, 0.717) is 5.69 Å². The number of thioether (sulfide) groups is 1. The highest BCUT2D eigenvalue weighted by atomic mass is 32.2. The number of para-hydroxylation sites is 1. The molecule has 5 nitrogen and oxygen atoms in total. The van der Waals surface area contributed by atoms with Gasteiger partial charge in [0.05, 0.1) is 18.1 Å². The molecule has 0 aliphatic carbocycles. The number of carbonyl (C=O) groups is 2. The molecular weight excluding hydrogens is 393 g/mol. The summed E-state index contributed by atoms with van der Waals surface area (Å²) in [5.41, 5.74) is -3.83. The average molecular weight is 408 g/mol. The van der Waals surface area contributed by atoms with Gasteiger partial charge in [-0.25, -0.2) is 4.79 Å². The maximum atomic E-state index is 12.4. The van der Waals surface area contributed by atoms with Crippen LogP contribution < -0.4 is 4.90 Å². The van der Waals surface area contributed by atoms with Gasteiger partial charge in [0.1, 0.15) is 0 Å². The zero-order valence-corrected chi connectivity index (χ0v) is 15.3. The molecule has 2 rings (SSSR count). The van der Waals surface area contributed by atoms with Crippen LogP contribution in [0.1, 0.15) is 16.8 Å². The maximum absolute atomic E-state index is 12.4. The molecule has 1 amide bonds. The fraction of sp³-hybridized carbons (Fsp3) is 0.211. The number of benzene rings is 2. The van der Waals surface area contributed by atoms with E-state index in [4.69, 9.17) is 10.00 Å². The van der Waals surface area contributed by atoms with Crippen molar-refractivity contribution in [3.05, 3.63) is 60.2 Å². The summed E-state index contributed by atoms with van der Waals surface area (Å²) in [5.74, 6) is -1.34. The smallest absolute Gasteiger partial charge is 0.446 e. The van der Waals surface area contributed by atoms with Gasteiger partial charge in [-0.05, 0) is 48.2 Å². The van der Waals surface area contributed by atoms with E-state index in [0.717, 1.165) is 12.1 Å². The number of nitriles is 1. The van der Waals surface area contributed by atoms with Crippen LogP contribution in [0.25, 0.3) is 0 Å². The van der Waals surface area contributed by atoms with Crippen molar-refractivity contribution in [2.45, 2.75) is 16.8 Å². The monoisotopic (exact) mass is 408 g/mol. The van der Waals surface area contributed by atoms with Gasteiger partial charge in [0.15, 0.2) is 6.61 Å². The standard InChI is InChI=1S/C19H15F3N2O3S/c20-19(21,22)28-16-9-7-14(8-10-16)18(26)27-13-17(25)24(12-4-11-23)15-5-2-1-3-6-15/h1-3,5-10H,4,12-13H2. The quantitative estimate of drug-likeness (QED) is 0.502. The summed E-state index contributed by atoms with van der Waals surface area (Å²) < 4.78 is 41.9. The molecule has 0 unspecified atom stereocenters. The Morgan fingerprint density at radius 2 is 1.71 bits per heavy atom. The molecule has 0 N–H and O–H groups in total. The van der Waals surface area contributed by atoms with Gasteiger partial charge in [-0.2, -0.15) is 18.4 Å². The summed E-state index contributed by atoms with van der Waals surface area (Å²) in [6.45, 7) is -0.418. The first-order chi connectivity index (χ1) is 13.3. The van der Waals surface area contributed by atoms with Crippen LogP contribution in [-0.2, 0) is 9.53 Å². The lowest BCUT2D eigenvalue weighted by atomic mass is 10.2. The van der Waals surface area contributed by atoms with Crippen molar-refractivity contribution < 1.29 is 27.5 Å². The molecule has 0 saturated carbocycles. The Labute approximate surface area is 163 Å². The second kappa shape index (κ2) is 9.80. The molecule has 0 atom stereocenters. The average Bonchev–Trinajstić information content (AvgIpc) is 2.66. The summed E-state index contributed by atoms with van der Waals surface area (Å²) in [6, 6.07) is 15.3. The molecule has 0 spiro atoms. The van der Waals surface area contributed by atoms with E-state index in [1.165, 1.54) is 17.0 Å². The normalized spacial score (nSPS) is 10.8. The Bertz CT molecular complexity index is 849. The molecule has 28 heavy (non-hydrogen) atoms. The lowest BCUT2D eigenvalue weighted by Gasteiger charge is -2.21. The molecule has 0 aliphatic heterocycles. The van der Waals surface area contributed by atoms with Crippen LogP contribution >= 0.6 is 11.8 Å². The summed E-state index contributed by atoms with van der Waals surface area (Å²) in [4.78, 5) is 25.7. The Kier molecular flexibility index (Phi) is 7.46.